The van der Waals surface area contributed by atoms with Crippen molar-refractivity contribution < 1.29 is 4.79 Å². The van der Waals surface area contributed by atoms with Gasteiger partial charge in [0.25, 0.3) is 0 Å². The minimum Gasteiger partial charge on any atom is -0.342 e. The Morgan fingerprint density at radius 1 is 1.33 bits per heavy atom. The number of rotatable bonds is 4. The number of halogens is 1. The monoisotopic (exact) mass is 275 g/mol. The number of hydrogen-bond acceptors (Lipinski definition) is 1. The maximum atomic E-state index is 11.8. The van der Waals surface area contributed by atoms with E-state index in [-0.39, 0.29) is 0 Å². The lowest BCUT2D eigenvalue weighted by atomic mass is 10.0. The predicted molar refractivity (Wildman–Crippen MR) is 67.2 cm³/mol. The first-order valence-electron chi connectivity index (χ1n) is 6.11. The highest BCUT2D eigenvalue weighted by molar-refractivity contribution is 9.09. The van der Waals surface area contributed by atoms with Crippen LogP contribution in [0, 0.1) is 5.92 Å². The molecule has 3 heteroatoms. The van der Waals surface area contributed by atoms with E-state index < -0.39 is 0 Å². The summed E-state index contributed by atoms with van der Waals surface area (Å²) in [5.41, 5.74) is 0. The molecule has 15 heavy (non-hydrogen) atoms. The molecule has 2 nitrogen and oxygen atoms in total. The Hall–Kier alpha value is -0.0500. The van der Waals surface area contributed by atoms with Crippen LogP contribution in [-0.2, 0) is 4.79 Å². The lowest BCUT2D eigenvalue weighted by Crippen LogP contribution is -2.37. The van der Waals surface area contributed by atoms with Gasteiger partial charge in [0, 0.05) is 24.8 Å². The third-order valence-electron chi connectivity index (χ3n) is 3.20. The zero-order chi connectivity index (χ0) is 11.1. The molecule has 1 unspecified atom stereocenters. The Bertz CT molecular complexity index is 192. The number of nitrogens with zero attached hydrogens (tertiary/aromatic N) is 1. The molecule has 0 spiro atoms. The van der Waals surface area contributed by atoms with Crippen molar-refractivity contribution in [3.05, 3.63) is 0 Å². The van der Waals surface area contributed by atoms with Crippen LogP contribution in [-0.4, -0.2) is 29.2 Å². The fourth-order valence-electron chi connectivity index (χ4n) is 2.01. The first-order valence-corrected chi connectivity index (χ1v) is 7.23. The van der Waals surface area contributed by atoms with Crippen LogP contribution in [0.25, 0.3) is 0 Å². The van der Waals surface area contributed by atoms with Gasteiger partial charge in [-0.05, 0) is 18.8 Å². The molecule has 1 atom stereocenters. The summed E-state index contributed by atoms with van der Waals surface area (Å²) in [6.07, 6.45) is 6.70. The van der Waals surface area contributed by atoms with E-state index in [0.717, 1.165) is 37.7 Å². The first-order chi connectivity index (χ1) is 7.27. The lowest BCUT2D eigenvalue weighted by molar-refractivity contribution is -0.132. The highest BCUT2D eigenvalue weighted by atomic mass is 79.9. The van der Waals surface area contributed by atoms with E-state index in [1.165, 1.54) is 19.3 Å². The summed E-state index contributed by atoms with van der Waals surface area (Å²) < 4.78 is 0. The topological polar surface area (TPSA) is 20.3 Å². The average Bonchev–Trinajstić information content (AvgIpc) is 2.24. The minimum atomic E-state index is 0.370. The summed E-state index contributed by atoms with van der Waals surface area (Å²) in [7, 11) is 0. The standard InChI is InChI=1S/C12H22BrNO/c1-2-11(9-13)10-14-8-6-4-3-5-7-12(14)15/h11H,2-10H2,1H3. The van der Waals surface area contributed by atoms with Crippen LogP contribution in [0.3, 0.4) is 0 Å². The second kappa shape index (κ2) is 7.26. The molecule has 0 aromatic heterocycles. The molecule has 88 valence electrons. The maximum absolute atomic E-state index is 11.8. The normalized spacial score (nSPS) is 20.9. The second-order valence-electron chi connectivity index (χ2n) is 4.43. The number of alkyl halides is 1. The van der Waals surface area contributed by atoms with Crippen molar-refractivity contribution in [3.8, 4) is 0 Å². The lowest BCUT2D eigenvalue weighted by Gasteiger charge is -2.28. The van der Waals surface area contributed by atoms with Gasteiger partial charge in [-0.2, -0.15) is 0 Å². The van der Waals surface area contributed by atoms with E-state index in [1.54, 1.807) is 0 Å². The molecule has 0 saturated carbocycles. The third kappa shape index (κ3) is 4.54. The summed E-state index contributed by atoms with van der Waals surface area (Å²) in [6, 6.07) is 0. The van der Waals surface area contributed by atoms with Gasteiger partial charge in [0.1, 0.15) is 0 Å². The van der Waals surface area contributed by atoms with Crippen molar-refractivity contribution in [1.29, 1.82) is 0 Å². The van der Waals surface area contributed by atoms with Crippen molar-refractivity contribution in [3.63, 3.8) is 0 Å². The quantitative estimate of drug-likeness (QED) is 0.722. The summed E-state index contributed by atoms with van der Waals surface area (Å²) in [5, 5.41) is 1.01. The smallest absolute Gasteiger partial charge is 0.222 e. The highest BCUT2D eigenvalue weighted by Crippen LogP contribution is 2.15. The van der Waals surface area contributed by atoms with E-state index in [4.69, 9.17) is 0 Å². The van der Waals surface area contributed by atoms with E-state index >= 15 is 0 Å². The zero-order valence-corrected chi connectivity index (χ0v) is 11.3. The van der Waals surface area contributed by atoms with Crippen molar-refractivity contribution >= 4 is 21.8 Å². The number of amides is 1. The van der Waals surface area contributed by atoms with Gasteiger partial charge in [-0.3, -0.25) is 4.79 Å². The van der Waals surface area contributed by atoms with Crippen LogP contribution in [0.1, 0.15) is 45.4 Å². The van der Waals surface area contributed by atoms with Crippen LogP contribution in [0.15, 0.2) is 0 Å². The van der Waals surface area contributed by atoms with Gasteiger partial charge >= 0.3 is 0 Å². The van der Waals surface area contributed by atoms with Crippen LogP contribution >= 0.6 is 15.9 Å². The molecule has 0 aliphatic carbocycles. The van der Waals surface area contributed by atoms with Crippen molar-refractivity contribution in [2.75, 3.05) is 18.4 Å². The van der Waals surface area contributed by atoms with Gasteiger partial charge in [0.15, 0.2) is 0 Å². The van der Waals surface area contributed by atoms with E-state index in [1.807, 2.05) is 0 Å². The number of hydrogen-bond donors (Lipinski definition) is 0. The summed E-state index contributed by atoms with van der Waals surface area (Å²) in [4.78, 5) is 13.9. The van der Waals surface area contributed by atoms with Gasteiger partial charge < -0.3 is 4.90 Å². The molecule has 0 N–H and O–H groups in total. The second-order valence-corrected chi connectivity index (χ2v) is 5.08. The van der Waals surface area contributed by atoms with E-state index in [2.05, 4.69) is 27.8 Å². The fraction of sp³-hybridized carbons (Fsp3) is 0.917. The molecule has 1 amide bonds. The van der Waals surface area contributed by atoms with Crippen molar-refractivity contribution in [2.45, 2.75) is 45.4 Å². The SMILES string of the molecule is CCC(CBr)CN1CCCCCCC1=O. The molecule has 1 fully saturated rings. The average molecular weight is 276 g/mol. The van der Waals surface area contributed by atoms with E-state index in [9.17, 15) is 4.79 Å². The molecular formula is C12H22BrNO. The molecule has 0 aromatic rings. The van der Waals surface area contributed by atoms with Gasteiger partial charge in [0.2, 0.25) is 5.91 Å². The highest BCUT2D eigenvalue weighted by Gasteiger charge is 2.18. The maximum Gasteiger partial charge on any atom is 0.222 e. The largest absolute Gasteiger partial charge is 0.342 e. The Labute approximate surface area is 102 Å². The first kappa shape index (κ1) is 13.0. The summed E-state index contributed by atoms with van der Waals surface area (Å²) >= 11 is 3.52. The molecule has 0 bridgehead atoms. The molecule has 1 heterocycles. The summed E-state index contributed by atoms with van der Waals surface area (Å²) in [5.74, 6) is 0.988. The Balaban J connectivity index is 2.44. The van der Waals surface area contributed by atoms with Crippen LogP contribution in [0.4, 0.5) is 0 Å². The molecule has 1 rings (SSSR count). The van der Waals surface area contributed by atoms with Gasteiger partial charge in [0.05, 0.1) is 0 Å². The van der Waals surface area contributed by atoms with Crippen LogP contribution < -0.4 is 0 Å². The van der Waals surface area contributed by atoms with Crippen LogP contribution in [0.2, 0.25) is 0 Å². The summed E-state index contributed by atoms with van der Waals surface area (Å²) in [6.45, 7) is 4.11. The van der Waals surface area contributed by atoms with Gasteiger partial charge in [-0.1, -0.05) is 42.1 Å². The van der Waals surface area contributed by atoms with Crippen LogP contribution in [0.5, 0.6) is 0 Å². The Kier molecular flexibility index (Phi) is 6.30. The molecule has 0 radical (unpaired) electrons. The third-order valence-corrected chi connectivity index (χ3v) is 4.11. The zero-order valence-electron chi connectivity index (χ0n) is 9.67. The number of carbonyl (C=O) groups is 1. The molecule has 1 aliphatic rings. The van der Waals surface area contributed by atoms with Gasteiger partial charge in [-0.25, -0.2) is 0 Å². The molecule has 1 saturated heterocycles. The number of likely N-dealkylation sites (tertiary alicyclic amines) is 1. The fourth-order valence-corrected chi connectivity index (χ4v) is 2.67. The van der Waals surface area contributed by atoms with E-state index in [0.29, 0.717) is 11.8 Å². The van der Waals surface area contributed by atoms with Gasteiger partial charge in [-0.15, -0.1) is 0 Å². The van der Waals surface area contributed by atoms with Crippen molar-refractivity contribution in [1.82, 2.24) is 4.90 Å². The molecule has 0 aromatic carbocycles. The number of carbonyl (C=O) groups excluding carboxylic acids is 1. The Morgan fingerprint density at radius 3 is 2.73 bits per heavy atom. The Morgan fingerprint density at radius 2 is 2.07 bits per heavy atom. The minimum absolute atomic E-state index is 0.370. The van der Waals surface area contributed by atoms with Crippen molar-refractivity contribution in [2.24, 2.45) is 5.92 Å². The molecule has 1 aliphatic heterocycles. The predicted octanol–water partition coefficient (Wildman–Crippen LogP) is 3.20. The molecular weight excluding hydrogens is 254 g/mol.